The number of nitrogens with one attached hydrogen (secondary N) is 1. The summed E-state index contributed by atoms with van der Waals surface area (Å²) in [6.45, 7) is -0.667. The lowest BCUT2D eigenvalue weighted by Gasteiger charge is -2.34. The molecule has 0 bridgehead atoms. The fraction of sp³-hybridized carbons (Fsp3) is 0.333. The maximum atomic E-state index is 13.6. The van der Waals surface area contributed by atoms with Gasteiger partial charge in [-0.15, -0.1) is 0 Å². The zero-order valence-corrected chi connectivity index (χ0v) is 16.2. The Morgan fingerprint density at radius 2 is 1.67 bits per heavy atom. The van der Waals surface area contributed by atoms with Crippen molar-refractivity contribution in [1.29, 1.82) is 0 Å². The number of carbonyl (C=O) groups is 2. The number of hydrogen-bond acceptors (Lipinski definition) is 4. The van der Waals surface area contributed by atoms with Gasteiger partial charge in [-0.3, -0.25) is 14.5 Å². The molecular formula is C21H22F3N3O3. The largest absolute Gasteiger partial charge is 0.434 e. The minimum Gasteiger partial charge on any atom is -0.434 e. The van der Waals surface area contributed by atoms with Crippen LogP contribution in [-0.2, 0) is 4.79 Å². The summed E-state index contributed by atoms with van der Waals surface area (Å²) in [5.74, 6) is -1.31. The molecule has 0 unspecified atom stereocenters. The van der Waals surface area contributed by atoms with Gasteiger partial charge in [-0.05, 0) is 24.3 Å². The van der Waals surface area contributed by atoms with Crippen molar-refractivity contribution in [2.75, 3.05) is 38.0 Å². The normalized spacial score (nSPS) is 14.6. The Morgan fingerprint density at radius 3 is 2.37 bits per heavy atom. The van der Waals surface area contributed by atoms with E-state index in [1.54, 1.807) is 23.1 Å². The predicted octanol–water partition coefficient (Wildman–Crippen LogP) is 3.21. The van der Waals surface area contributed by atoms with Crippen molar-refractivity contribution in [3.8, 4) is 5.75 Å². The molecule has 1 aliphatic heterocycles. The van der Waals surface area contributed by atoms with Gasteiger partial charge in [-0.1, -0.05) is 24.3 Å². The Morgan fingerprint density at radius 1 is 1.00 bits per heavy atom. The van der Waals surface area contributed by atoms with Gasteiger partial charge in [0.05, 0.1) is 11.3 Å². The van der Waals surface area contributed by atoms with E-state index in [2.05, 4.69) is 10.1 Å². The molecular weight excluding hydrogens is 399 g/mol. The third kappa shape index (κ3) is 5.73. The van der Waals surface area contributed by atoms with Gasteiger partial charge in [0.1, 0.15) is 11.6 Å². The van der Waals surface area contributed by atoms with Gasteiger partial charge >= 0.3 is 6.61 Å². The summed E-state index contributed by atoms with van der Waals surface area (Å²) in [5.41, 5.74) is 0.234. The first kappa shape index (κ1) is 21.6. The van der Waals surface area contributed by atoms with Crippen LogP contribution in [0, 0.1) is 5.82 Å². The smallest absolute Gasteiger partial charge is 0.387 e. The molecule has 2 aromatic carbocycles. The van der Waals surface area contributed by atoms with E-state index in [4.69, 9.17) is 0 Å². The third-order valence-corrected chi connectivity index (χ3v) is 4.80. The molecule has 2 amide bonds. The molecule has 1 heterocycles. The van der Waals surface area contributed by atoms with Gasteiger partial charge in [-0.25, -0.2) is 4.39 Å². The molecule has 0 spiro atoms. The van der Waals surface area contributed by atoms with Crippen molar-refractivity contribution >= 4 is 17.5 Å². The van der Waals surface area contributed by atoms with E-state index in [0.717, 1.165) is 0 Å². The first-order valence-electron chi connectivity index (χ1n) is 9.54. The van der Waals surface area contributed by atoms with Crippen molar-refractivity contribution in [1.82, 2.24) is 9.80 Å². The Labute approximate surface area is 172 Å². The van der Waals surface area contributed by atoms with E-state index in [-0.39, 0.29) is 35.2 Å². The minimum atomic E-state index is -3.01. The zero-order valence-electron chi connectivity index (χ0n) is 16.2. The number of benzene rings is 2. The third-order valence-electron chi connectivity index (χ3n) is 4.80. The van der Waals surface area contributed by atoms with Crippen molar-refractivity contribution in [2.24, 2.45) is 0 Å². The Kier molecular flexibility index (Phi) is 7.29. The number of nitrogens with zero attached hydrogens (tertiary/aromatic N) is 2. The lowest BCUT2D eigenvalue weighted by atomic mass is 10.1. The quantitative estimate of drug-likeness (QED) is 0.746. The summed E-state index contributed by atoms with van der Waals surface area (Å²) < 4.78 is 43.1. The number of halogens is 3. The van der Waals surface area contributed by atoms with E-state index < -0.39 is 12.4 Å². The molecule has 1 aliphatic rings. The van der Waals surface area contributed by atoms with Crippen LogP contribution >= 0.6 is 0 Å². The number of rotatable bonds is 7. The second kappa shape index (κ2) is 10.1. The van der Waals surface area contributed by atoms with Crippen LogP contribution in [0.5, 0.6) is 5.75 Å². The fourth-order valence-electron chi connectivity index (χ4n) is 3.22. The molecule has 160 valence electrons. The van der Waals surface area contributed by atoms with Crippen LogP contribution in [0.4, 0.5) is 18.9 Å². The molecule has 0 aromatic heterocycles. The van der Waals surface area contributed by atoms with Crippen molar-refractivity contribution < 1.29 is 27.5 Å². The molecule has 0 saturated carbocycles. The number of amides is 2. The number of piperazine rings is 1. The fourth-order valence-corrected chi connectivity index (χ4v) is 3.22. The van der Waals surface area contributed by atoms with Gasteiger partial charge in [0.25, 0.3) is 5.91 Å². The number of para-hydroxylation sites is 2. The number of anilines is 1. The molecule has 6 nitrogen and oxygen atoms in total. The molecule has 1 N–H and O–H groups in total. The summed E-state index contributed by atoms with van der Waals surface area (Å²) in [6.07, 6.45) is 0.188. The van der Waals surface area contributed by atoms with Crippen molar-refractivity contribution in [3.05, 3.63) is 59.9 Å². The molecule has 30 heavy (non-hydrogen) atoms. The number of alkyl halides is 2. The second-order valence-electron chi connectivity index (χ2n) is 6.79. The maximum Gasteiger partial charge on any atom is 0.387 e. The molecule has 1 saturated heterocycles. The Hall–Kier alpha value is -3.07. The Bertz CT molecular complexity index is 887. The highest BCUT2D eigenvalue weighted by molar-refractivity contribution is 5.97. The molecule has 1 fully saturated rings. The summed E-state index contributed by atoms with van der Waals surface area (Å²) >= 11 is 0. The SMILES string of the molecule is O=C(CCN1CCN(C(=O)c2ccccc2OC(F)F)CC1)Nc1ccccc1F. The topological polar surface area (TPSA) is 61.9 Å². The average molecular weight is 421 g/mol. The molecule has 0 radical (unpaired) electrons. The second-order valence-corrected chi connectivity index (χ2v) is 6.79. The van der Waals surface area contributed by atoms with E-state index in [9.17, 15) is 22.8 Å². The molecule has 0 aliphatic carbocycles. The van der Waals surface area contributed by atoms with Gasteiger partial charge in [-0.2, -0.15) is 8.78 Å². The Balaban J connectivity index is 1.47. The molecule has 9 heteroatoms. The summed E-state index contributed by atoms with van der Waals surface area (Å²) in [4.78, 5) is 28.3. The van der Waals surface area contributed by atoms with Gasteiger partial charge in [0, 0.05) is 39.1 Å². The highest BCUT2D eigenvalue weighted by Crippen LogP contribution is 2.22. The van der Waals surface area contributed by atoms with Crippen LogP contribution < -0.4 is 10.1 Å². The first-order valence-corrected chi connectivity index (χ1v) is 9.54. The highest BCUT2D eigenvalue weighted by atomic mass is 19.3. The molecule has 0 atom stereocenters. The van der Waals surface area contributed by atoms with Gasteiger partial charge in [0.2, 0.25) is 5.91 Å². The van der Waals surface area contributed by atoms with Gasteiger partial charge in [0.15, 0.2) is 0 Å². The van der Waals surface area contributed by atoms with Crippen LogP contribution in [0.25, 0.3) is 0 Å². The minimum absolute atomic E-state index is 0.0931. The van der Waals surface area contributed by atoms with E-state index >= 15 is 0 Å². The highest BCUT2D eigenvalue weighted by Gasteiger charge is 2.25. The van der Waals surface area contributed by atoms with Crippen LogP contribution in [0.1, 0.15) is 16.8 Å². The lowest BCUT2D eigenvalue weighted by Crippen LogP contribution is -2.49. The summed E-state index contributed by atoms with van der Waals surface area (Å²) in [6, 6.07) is 11.9. The van der Waals surface area contributed by atoms with Crippen LogP contribution in [0.3, 0.4) is 0 Å². The number of ether oxygens (including phenoxy) is 1. The van der Waals surface area contributed by atoms with Crippen molar-refractivity contribution in [2.45, 2.75) is 13.0 Å². The lowest BCUT2D eigenvalue weighted by molar-refractivity contribution is -0.116. The van der Waals surface area contributed by atoms with E-state index in [1.807, 2.05) is 4.90 Å². The summed E-state index contributed by atoms with van der Waals surface area (Å²) in [5, 5.41) is 2.54. The summed E-state index contributed by atoms with van der Waals surface area (Å²) in [7, 11) is 0. The van der Waals surface area contributed by atoms with E-state index in [0.29, 0.717) is 32.7 Å². The molecule has 3 rings (SSSR count). The predicted molar refractivity (Wildman–Crippen MR) is 105 cm³/mol. The van der Waals surface area contributed by atoms with Crippen LogP contribution in [0.15, 0.2) is 48.5 Å². The van der Waals surface area contributed by atoms with Crippen LogP contribution in [0.2, 0.25) is 0 Å². The van der Waals surface area contributed by atoms with Crippen LogP contribution in [-0.4, -0.2) is 60.9 Å². The first-order chi connectivity index (χ1) is 14.4. The molecule has 2 aromatic rings. The number of carbonyl (C=O) groups excluding carboxylic acids is 2. The average Bonchev–Trinajstić information content (AvgIpc) is 2.74. The zero-order chi connectivity index (χ0) is 21.5. The van der Waals surface area contributed by atoms with Crippen molar-refractivity contribution in [3.63, 3.8) is 0 Å². The standard InChI is InChI=1S/C21H22F3N3O3/c22-16-6-2-3-7-17(16)25-19(28)9-10-26-11-13-27(14-12-26)20(29)15-5-1-4-8-18(15)30-21(23)24/h1-8,21H,9-14H2,(H,25,28). The monoisotopic (exact) mass is 421 g/mol. The maximum absolute atomic E-state index is 13.6. The van der Waals surface area contributed by atoms with Gasteiger partial charge < -0.3 is 15.0 Å². The van der Waals surface area contributed by atoms with E-state index in [1.165, 1.54) is 30.3 Å². The number of hydrogen-bond donors (Lipinski definition) is 1.